The minimum atomic E-state index is 0.134. The molecule has 1 aromatic carbocycles. The van der Waals surface area contributed by atoms with Crippen molar-refractivity contribution in [2.75, 3.05) is 31.1 Å². The smallest absolute Gasteiger partial charge is 0.225 e. The fourth-order valence-corrected chi connectivity index (χ4v) is 4.72. The molecule has 5 rings (SSSR count). The van der Waals surface area contributed by atoms with Crippen molar-refractivity contribution in [2.24, 2.45) is 11.8 Å². The summed E-state index contributed by atoms with van der Waals surface area (Å²) in [5, 5.41) is 1.02. The number of amides is 1. The van der Waals surface area contributed by atoms with Gasteiger partial charge in [0.05, 0.1) is 0 Å². The molecule has 2 saturated heterocycles. The van der Waals surface area contributed by atoms with Gasteiger partial charge in [0.1, 0.15) is 17.4 Å². The second-order valence-electron chi connectivity index (χ2n) is 8.27. The fourth-order valence-electron chi connectivity index (χ4n) is 4.72. The Labute approximate surface area is 164 Å². The van der Waals surface area contributed by atoms with Crippen molar-refractivity contribution in [2.45, 2.75) is 32.6 Å². The minimum Gasteiger partial charge on any atom is -0.450 e. The fraction of sp³-hybridized carbons (Fsp3) is 0.500. The lowest BCUT2D eigenvalue weighted by Crippen LogP contribution is -2.46. The van der Waals surface area contributed by atoms with Crippen molar-refractivity contribution in [3.05, 3.63) is 30.6 Å². The Balaban J connectivity index is 1.34. The first-order valence-electron chi connectivity index (χ1n) is 10.4. The van der Waals surface area contributed by atoms with Gasteiger partial charge in [-0.2, -0.15) is 0 Å². The monoisotopic (exact) mass is 378 g/mol. The second-order valence-corrected chi connectivity index (χ2v) is 8.27. The number of anilines is 1. The van der Waals surface area contributed by atoms with Gasteiger partial charge in [-0.3, -0.25) is 4.79 Å². The lowest BCUT2D eigenvalue weighted by Gasteiger charge is -2.37. The topological polar surface area (TPSA) is 62.5 Å². The van der Waals surface area contributed by atoms with E-state index in [1.54, 1.807) is 6.33 Å². The summed E-state index contributed by atoms with van der Waals surface area (Å²) in [4.78, 5) is 26.2. The standard InChI is InChI=1S/C22H26N4O2/c1-15-5-4-10-26(13-15)22(27)16-8-11-25(12-9-16)21-20-19(23-14-24-21)17-6-2-3-7-18(17)28-20/h2-3,6-7,14-16H,4-5,8-13H2,1H3. The van der Waals surface area contributed by atoms with Crippen LogP contribution >= 0.6 is 0 Å². The number of carbonyl (C=O) groups excluding carboxylic acids is 1. The van der Waals surface area contributed by atoms with E-state index in [9.17, 15) is 4.79 Å². The van der Waals surface area contributed by atoms with Crippen molar-refractivity contribution in [1.29, 1.82) is 0 Å². The van der Waals surface area contributed by atoms with Gasteiger partial charge in [0.2, 0.25) is 5.91 Å². The number of fused-ring (bicyclic) bond motifs is 3. The van der Waals surface area contributed by atoms with Gasteiger partial charge in [-0.25, -0.2) is 9.97 Å². The minimum absolute atomic E-state index is 0.134. The van der Waals surface area contributed by atoms with E-state index in [4.69, 9.17) is 4.42 Å². The quantitative estimate of drug-likeness (QED) is 0.678. The van der Waals surface area contributed by atoms with Crippen molar-refractivity contribution < 1.29 is 9.21 Å². The summed E-state index contributed by atoms with van der Waals surface area (Å²) in [6, 6.07) is 7.96. The van der Waals surface area contributed by atoms with Crippen LogP contribution in [0, 0.1) is 11.8 Å². The van der Waals surface area contributed by atoms with Crippen LogP contribution in [0.25, 0.3) is 22.1 Å². The summed E-state index contributed by atoms with van der Waals surface area (Å²) in [6.45, 7) is 5.74. The van der Waals surface area contributed by atoms with Gasteiger partial charge in [-0.15, -0.1) is 0 Å². The van der Waals surface area contributed by atoms with E-state index in [2.05, 4.69) is 26.7 Å². The molecule has 6 heteroatoms. The van der Waals surface area contributed by atoms with Crippen LogP contribution < -0.4 is 4.90 Å². The number of furan rings is 1. The van der Waals surface area contributed by atoms with Gasteiger partial charge in [-0.05, 0) is 43.7 Å². The third kappa shape index (κ3) is 3.01. The van der Waals surface area contributed by atoms with Gasteiger partial charge in [0, 0.05) is 37.5 Å². The molecule has 2 aromatic heterocycles. The highest BCUT2D eigenvalue weighted by Gasteiger charge is 2.31. The highest BCUT2D eigenvalue weighted by Crippen LogP contribution is 2.34. The van der Waals surface area contributed by atoms with Crippen LogP contribution in [0.2, 0.25) is 0 Å². The zero-order valence-corrected chi connectivity index (χ0v) is 16.3. The van der Waals surface area contributed by atoms with Crippen LogP contribution in [0.15, 0.2) is 35.0 Å². The van der Waals surface area contributed by atoms with Crippen molar-refractivity contribution in [3.8, 4) is 0 Å². The maximum atomic E-state index is 12.9. The molecule has 3 aromatic rings. The molecular weight excluding hydrogens is 352 g/mol. The van der Waals surface area contributed by atoms with E-state index < -0.39 is 0 Å². The molecule has 2 aliphatic rings. The average Bonchev–Trinajstić information content (AvgIpc) is 3.12. The van der Waals surface area contributed by atoms with Crippen LogP contribution in [0.5, 0.6) is 0 Å². The first kappa shape index (κ1) is 17.5. The zero-order valence-electron chi connectivity index (χ0n) is 16.3. The number of carbonyl (C=O) groups is 1. The molecule has 1 amide bonds. The number of benzene rings is 1. The van der Waals surface area contributed by atoms with Gasteiger partial charge in [0.25, 0.3) is 0 Å². The largest absolute Gasteiger partial charge is 0.450 e. The van der Waals surface area contributed by atoms with Gasteiger partial charge in [0.15, 0.2) is 11.4 Å². The van der Waals surface area contributed by atoms with Crippen molar-refractivity contribution in [3.63, 3.8) is 0 Å². The Morgan fingerprint density at radius 3 is 2.75 bits per heavy atom. The van der Waals surface area contributed by atoms with Crippen LogP contribution in [0.4, 0.5) is 5.82 Å². The number of piperidine rings is 2. The number of para-hydroxylation sites is 1. The SMILES string of the molecule is CC1CCCN(C(=O)C2CCN(c3ncnc4c3oc3ccccc34)CC2)C1. The molecule has 0 radical (unpaired) electrons. The molecule has 4 heterocycles. The molecule has 0 bridgehead atoms. The summed E-state index contributed by atoms with van der Waals surface area (Å²) in [5.41, 5.74) is 2.45. The first-order chi connectivity index (χ1) is 13.7. The number of likely N-dealkylation sites (tertiary alicyclic amines) is 1. The third-order valence-corrected chi connectivity index (χ3v) is 6.25. The molecule has 28 heavy (non-hydrogen) atoms. The molecule has 1 unspecified atom stereocenters. The van der Waals surface area contributed by atoms with Gasteiger partial charge >= 0.3 is 0 Å². The maximum absolute atomic E-state index is 12.9. The normalized spacial score (nSPS) is 21.5. The van der Waals surface area contributed by atoms with E-state index >= 15 is 0 Å². The second kappa shape index (κ2) is 7.08. The Morgan fingerprint density at radius 2 is 1.93 bits per heavy atom. The van der Waals surface area contributed by atoms with Crippen molar-refractivity contribution in [1.82, 2.24) is 14.9 Å². The van der Waals surface area contributed by atoms with Crippen molar-refractivity contribution >= 4 is 33.8 Å². The molecule has 0 spiro atoms. The molecule has 1 atom stereocenters. The summed E-state index contributed by atoms with van der Waals surface area (Å²) in [7, 11) is 0. The number of aromatic nitrogens is 2. The lowest BCUT2D eigenvalue weighted by atomic mass is 9.92. The Morgan fingerprint density at radius 1 is 1.11 bits per heavy atom. The summed E-state index contributed by atoms with van der Waals surface area (Å²) >= 11 is 0. The summed E-state index contributed by atoms with van der Waals surface area (Å²) in [6.07, 6.45) is 5.73. The highest BCUT2D eigenvalue weighted by atomic mass is 16.3. The average molecular weight is 378 g/mol. The third-order valence-electron chi connectivity index (χ3n) is 6.25. The van der Waals surface area contributed by atoms with Crippen LogP contribution in [-0.2, 0) is 4.79 Å². The molecule has 6 nitrogen and oxygen atoms in total. The van der Waals surface area contributed by atoms with Gasteiger partial charge in [-0.1, -0.05) is 19.1 Å². The van der Waals surface area contributed by atoms with Crippen LogP contribution in [0.1, 0.15) is 32.6 Å². The van der Waals surface area contributed by atoms with E-state index in [1.165, 1.54) is 6.42 Å². The number of hydrogen-bond donors (Lipinski definition) is 0. The molecule has 2 fully saturated rings. The number of rotatable bonds is 2. The molecule has 0 aliphatic carbocycles. The predicted octanol–water partition coefficient (Wildman–Crippen LogP) is 3.85. The maximum Gasteiger partial charge on any atom is 0.225 e. The lowest BCUT2D eigenvalue weighted by molar-refractivity contribution is -0.137. The van der Waals surface area contributed by atoms with Crippen LogP contribution in [0.3, 0.4) is 0 Å². The zero-order chi connectivity index (χ0) is 19.1. The molecule has 0 N–H and O–H groups in total. The molecule has 0 saturated carbocycles. The number of nitrogens with zero attached hydrogens (tertiary/aromatic N) is 4. The molecule has 2 aliphatic heterocycles. The van der Waals surface area contributed by atoms with E-state index in [0.717, 1.165) is 73.3 Å². The van der Waals surface area contributed by atoms with E-state index in [0.29, 0.717) is 11.8 Å². The predicted molar refractivity (Wildman–Crippen MR) is 109 cm³/mol. The first-order valence-corrected chi connectivity index (χ1v) is 10.4. The van der Waals surface area contributed by atoms with E-state index in [1.807, 2.05) is 24.3 Å². The summed E-state index contributed by atoms with van der Waals surface area (Å²) in [5.74, 6) is 1.95. The Kier molecular flexibility index (Phi) is 4.41. The van der Waals surface area contributed by atoms with Crippen LogP contribution in [-0.4, -0.2) is 47.0 Å². The van der Waals surface area contributed by atoms with E-state index in [-0.39, 0.29) is 5.92 Å². The summed E-state index contributed by atoms with van der Waals surface area (Å²) < 4.78 is 6.08. The molecule has 146 valence electrons. The Hall–Kier alpha value is -2.63. The molecular formula is C22H26N4O2. The Bertz CT molecular complexity index is 1010. The number of hydrogen-bond acceptors (Lipinski definition) is 5. The highest BCUT2D eigenvalue weighted by molar-refractivity contribution is 6.05. The van der Waals surface area contributed by atoms with Gasteiger partial charge < -0.3 is 14.2 Å².